The molecule has 2 aromatic carbocycles. The first-order valence-electron chi connectivity index (χ1n) is 6.12. The molecule has 0 fully saturated rings. The second-order valence-electron chi connectivity index (χ2n) is 4.67. The Kier molecular flexibility index (Phi) is 2.94. The van der Waals surface area contributed by atoms with Crippen LogP contribution in [-0.2, 0) is 18.6 Å². The Morgan fingerprint density at radius 3 is 2.53 bits per heavy atom. The van der Waals surface area contributed by atoms with E-state index in [0.29, 0.717) is 0 Å². The van der Waals surface area contributed by atoms with Crippen LogP contribution in [0, 0.1) is 6.92 Å². The largest absolute Gasteiger partial charge is 0.121 e. The molecule has 0 radical (unpaired) electrons. The van der Waals surface area contributed by atoms with E-state index in [1.54, 1.807) is 0 Å². The highest BCUT2D eigenvalue weighted by Crippen LogP contribution is 2.31. The molecule has 0 nitrogen and oxygen atoms in total. The van der Waals surface area contributed by atoms with Crippen LogP contribution in [0.3, 0.4) is 0 Å². The minimum absolute atomic E-state index is 1.10. The van der Waals surface area contributed by atoms with Gasteiger partial charge in [-0.2, -0.15) is 0 Å². The van der Waals surface area contributed by atoms with Gasteiger partial charge in [0.2, 0.25) is 0 Å². The average Bonchev–Trinajstić information content (AvgIpc) is 2.33. The molecule has 86 valence electrons. The van der Waals surface area contributed by atoms with Crippen molar-refractivity contribution in [2.45, 2.75) is 30.4 Å². The van der Waals surface area contributed by atoms with Crippen LogP contribution in [0.4, 0.5) is 0 Å². The first-order chi connectivity index (χ1) is 8.33. The van der Waals surface area contributed by atoms with Crippen LogP contribution < -0.4 is 0 Å². The summed E-state index contributed by atoms with van der Waals surface area (Å²) < 4.78 is 0. The van der Waals surface area contributed by atoms with E-state index in [1.807, 2.05) is 11.8 Å². The fourth-order valence-corrected chi connectivity index (χ4v) is 3.51. The van der Waals surface area contributed by atoms with Gasteiger partial charge in [0.25, 0.3) is 0 Å². The first kappa shape index (κ1) is 10.9. The van der Waals surface area contributed by atoms with Gasteiger partial charge >= 0.3 is 0 Å². The lowest BCUT2D eigenvalue weighted by Gasteiger charge is -2.16. The molecular formula is C16H16S. The number of hydrogen-bond donors (Lipinski definition) is 0. The molecule has 0 saturated carbocycles. The van der Waals surface area contributed by atoms with E-state index in [9.17, 15) is 0 Å². The quantitative estimate of drug-likeness (QED) is 0.658. The minimum atomic E-state index is 1.10. The zero-order chi connectivity index (χ0) is 11.7. The molecule has 0 aromatic heterocycles. The summed E-state index contributed by atoms with van der Waals surface area (Å²) >= 11 is 1.97. The lowest BCUT2D eigenvalue weighted by molar-refractivity contribution is 0.914. The maximum atomic E-state index is 2.34. The summed E-state index contributed by atoms with van der Waals surface area (Å²) in [5.74, 6) is 1.10. The number of rotatable bonds is 0. The Morgan fingerprint density at radius 2 is 1.65 bits per heavy atom. The molecule has 0 aliphatic carbocycles. The fourth-order valence-electron chi connectivity index (χ4n) is 2.41. The van der Waals surface area contributed by atoms with E-state index >= 15 is 0 Å². The molecule has 0 spiro atoms. The van der Waals surface area contributed by atoms with Gasteiger partial charge in [0.1, 0.15) is 0 Å². The molecule has 0 bridgehead atoms. The van der Waals surface area contributed by atoms with Crippen molar-refractivity contribution >= 4 is 11.8 Å². The molecule has 3 rings (SSSR count). The Labute approximate surface area is 107 Å². The van der Waals surface area contributed by atoms with Crippen molar-refractivity contribution in [3.05, 3.63) is 64.7 Å². The number of benzene rings is 2. The second kappa shape index (κ2) is 4.58. The van der Waals surface area contributed by atoms with Gasteiger partial charge in [-0.25, -0.2) is 0 Å². The normalized spacial score (nSPS) is 14.4. The highest BCUT2D eigenvalue weighted by Gasteiger charge is 2.11. The Hall–Kier alpha value is -1.21. The van der Waals surface area contributed by atoms with Gasteiger partial charge in [0, 0.05) is 10.6 Å². The Morgan fingerprint density at radius 1 is 0.882 bits per heavy atom. The SMILES string of the molecule is Cc1ccc2c(c1)CCc1ccccc1CS2. The van der Waals surface area contributed by atoms with Gasteiger partial charge in [0.15, 0.2) is 0 Å². The van der Waals surface area contributed by atoms with Crippen LogP contribution in [0.1, 0.15) is 22.3 Å². The standard InChI is InChI=1S/C16H16S/c1-12-6-9-16-14(10-12)8-7-13-4-2-3-5-15(13)11-17-16/h2-6,9-10H,7-8,11H2,1H3. The molecular weight excluding hydrogens is 224 g/mol. The third-order valence-corrected chi connectivity index (χ3v) is 4.55. The minimum Gasteiger partial charge on any atom is -0.121 e. The molecule has 2 aromatic rings. The zero-order valence-electron chi connectivity index (χ0n) is 10.1. The summed E-state index contributed by atoms with van der Waals surface area (Å²) in [7, 11) is 0. The molecule has 1 heteroatoms. The molecule has 17 heavy (non-hydrogen) atoms. The zero-order valence-corrected chi connectivity index (χ0v) is 10.9. The third-order valence-electron chi connectivity index (χ3n) is 3.38. The summed E-state index contributed by atoms with van der Waals surface area (Å²) in [6.45, 7) is 2.18. The molecule has 0 saturated heterocycles. The van der Waals surface area contributed by atoms with Gasteiger partial charge < -0.3 is 0 Å². The van der Waals surface area contributed by atoms with Gasteiger partial charge in [-0.1, -0.05) is 42.0 Å². The average molecular weight is 240 g/mol. The smallest absolute Gasteiger partial charge is 0.0234 e. The van der Waals surface area contributed by atoms with Crippen molar-refractivity contribution in [3.63, 3.8) is 0 Å². The lowest BCUT2D eigenvalue weighted by Crippen LogP contribution is -2.01. The van der Waals surface area contributed by atoms with Crippen molar-refractivity contribution in [2.75, 3.05) is 0 Å². The van der Waals surface area contributed by atoms with E-state index in [0.717, 1.165) is 5.75 Å². The van der Waals surface area contributed by atoms with Gasteiger partial charge in [-0.15, -0.1) is 11.8 Å². The van der Waals surface area contributed by atoms with E-state index < -0.39 is 0 Å². The second-order valence-corrected chi connectivity index (χ2v) is 5.69. The van der Waals surface area contributed by atoms with Gasteiger partial charge in [-0.3, -0.25) is 0 Å². The number of hydrogen-bond acceptors (Lipinski definition) is 1. The van der Waals surface area contributed by atoms with E-state index in [-0.39, 0.29) is 0 Å². The summed E-state index contributed by atoms with van der Waals surface area (Å²) in [6.07, 6.45) is 2.34. The van der Waals surface area contributed by atoms with Crippen molar-refractivity contribution < 1.29 is 0 Å². The van der Waals surface area contributed by atoms with Crippen molar-refractivity contribution in [1.82, 2.24) is 0 Å². The van der Waals surface area contributed by atoms with Crippen LogP contribution in [0.2, 0.25) is 0 Å². The Balaban J connectivity index is 1.97. The van der Waals surface area contributed by atoms with E-state index in [2.05, 4.69) is 49.4 Å². The summed E-state index contributed by atoms with van der Waals surface area (Å²) in [4.78, 5) is 1.46. The molecule has 1 heterocycles. The number of fused-ring (bicyclic) bond motifs is 2. The molecule has 0 amide bonds. The highest BCUT2D eigenvalue weighted by molar-refractivity contribution is 7.98. The molecule has 1 aliphatic heterocycles. The molecule has 1 aliphatic rings. The maximum Gasteiger partial charge on any atom is 0.0234 e. The predicted molar refractivity (Wildman–Crippen MR) is 74.6 cm³/mol. The van der Waals surface area contributed by atoms with Crippen molar-refractivity contribution in [3.8, 4) is 0 Å². The predicted octanol–water partition coefficient (Wildman–Crippen LogP) is 4.39. The van der Waals surface area contributed by atoms with Crippen LogP contribution >= 0.6 is 11.8 Å². The van der Waals surface area contributed by atoms with Gasteiger partial charge in [0.05, 0.1) is 0 Å². The molecule has 0 atom stereocenters. The summed E-state index contributed by atoms with van der Waals surface area (Å²) in [6, 6.07) is 15.7. The first-order valence-corrected chi connectivity index (χ1v) is 7.10. The van der Waals surface area contributed by atoms with Crippen molar-refractivity contribution in [1.29, 1.82) is 0 Å². The van der Waals surface area contributed by atoms with Gasteiger partial charge in [-0.05, 0) is 42.5 Å². The van der Waals surface area contributed by atoms with Crippen LogP contribution in [-0.4, -0.2) is 0 Å². The monoisotopic (exact) mass is 240 g/mol. The van der Waals surface area contributed by atoms with E-state index in [4.69, 9.17) is 0 Å². The summed E-state index contributed by atoms with van der Waals surface area (Å²) in [5, 5.41) is 0. The van der Waals surface area contributed by atoms with Crippen LogP contribution in [0.25, 0.3) is 0 Å². The van der Waals surface area contributed by atoms with E-state index in [1.165, 1.54) is 40.0 Å². The fraction of sp³-hybridized carbons (Fsp3) is 0.250. The Bertz CT molecular complexity index is 543. The molecule has 0 unspecified atom stereocenters. The third kappa shape index (κ3) is 2.25. The molecule has 0 N–H and O–H groups in total. The number of thioether (sulfide) groups is 1. The lowest BCUT2D eigenvalue weighted by atomic mass is 9.99. The topological polar surface area (TPSA) is 0 Å². The highest BCUT2D eigenvalue weighted by atomic mass is 32.2. The van der Waals surface area contributed by atoms with Crippen LogP contribution in [0.5, 0.6) is 0 Å². The summed E-state index contributed by atoms with van der Waals surface area (Å²) in [5.41, 5.74) is 5.92. The van der Waals surface area contributed by atoms with Crippen molar-refractivity contribution in [2.24, 2.45) is 0 Å². The number of aryl methyl sites for hydroxylation is 3. The maximum absolute atomic E-state index is 2.34. The van der Waals surface area contributed by atoms with Crippen LogP contribution in [0.15, 0.2) is 47.4 Å².